The Bertz CT molecular complexity index is 1220. The summed E-state index contributed by atoms with van der Waals surface area (Å²) in [5, 5.41) is 6.66. The standard InChI is InChI=1S/C23H21BrN4O3/c24-16-6-3-5-13-15-12-28(11-10-18(15)25-21(13)16)20(29)9-8-19-23(31)26-17-7-2-1-4-14(17)22(30)27-19/h1-7,19,25H,8-12H2,(H,26,31)(H,27,30). The Morgan fingerprint density at radius 2 is 1.97 bits per heavy atom. The van der Waals surface area contributed by atoms with Gasteiger partial charge in [0.1, 0.15) is 6.04 Å². The van der Waals surface area contributed by atoms with Gasteiger partial charge in [-0.2, -0.15) is 0 Å². The van der Waals surface area contributed by atoms with Crippen molar-refractivity contribution in [1.82, 2.24) is 15.2 Å². The Balaban J connectivity index is 1.26. The van der Waals surface area contributed by atoms with E-state index < -0.39 is 6.04 Å². The lowest BCUT2D eigenvalue weighted by atomic mass is 10.0. The maximum Gasteiger partial charge on any atom is 0.254 e. The van der Waals surface area contributed by atoms with Gasteiger partial charge >= 0.3 is 0 Å². The Kier molecular flexibility index (Phi) is 5.02. The van der Waals surface area contributed by atoms with E-state index in [4.69, 9.17) is 0 Å². The van der Waals surface area contributed by atoms with Gasteiger partial charge in [-0.3, -0.25) is 14.4 Å². The molecule has 0 bridgehead atoms. The van der Waals surface area contributed by atoms with Crippen molar-refractivity contribution in [2.24, 2.45) is 0 Å². The highest BCUT2D eigenvalue weighted by molar-refractivity contribution is 9.10. The fourth-order valence-electron chi connectivity index (χ4n) is 4.36. The van der Waals surface area contributed by atoms with Gasteiger partial charge in [-0.25, -0.2) is 0 Å². The average molecular weight is 481 g/mol. The monoisotopic (exact) mass is 480 g/mol. The van der Waals surface area contributed by atoms with Crippen molar-refractivity contribution in [3.63, 3.8) is 0 Å². The van der Waals surface area contributed by atoms with Crippen molar-refractivity contribution < 1.29 is 14.4 Å². The molecular weight excluding hydrogens is 460 g/mol. The predicted octanol–water partition coefficient (Wildman–Crippen LogP) is 3.35. The van der Waals surface area contributed by atoms with Crippen LogP contribution in [0.3, 0.4) is 0 Å². The van der Waals surface area contributed by atoms with Crippen LogP contribution in [0, 0.1) is 0 Å². The first kappa shape index (κ1) is 19.8. The van der Waals surface area contributed by atoms with Gasteiger partial charge in [-0.15, -0.1) is 0 Å². The molecule has 0 saturated carbocycles. The summed E-state index contributed by atoms with van der Waals surface area (Å²) in [6.45, 7) is 1.17. The van der Waals surface area contributed by atoms with Gasteiger partial charge in [-0.05, 0) is 40.5 Å². The Labute approximate surface area is 187 Å². The van der Waals surface area contributed by atoms with Crippen molar-refractivity contribution in [3.8, 4) is 0 Å². The first-order valence-electron chi connectivity index (χ1n) is 10.3. The van der Waals surface area contributed by atoms with Crippen LogP contribution in [-0.4, -0.2) is 40.2 Å². The van der Waals surface area contributed by atoms with Crippen molar-refractivity contribution in [1.29, 1.82) is 0 Å². The van der Waals surface area contributed by atoms with E-state index in [9.17, 15) is 14.4 Å². The summed E-state index contributed by atoms with van der Waals surface area (Å²) < 4.78 is 1.01. The van der Waals surface area contributed by atoms with E-state index in [1.807, 2.05) is 17.0 Å². The van der Waals surface area contributed by atoms with E-state index in [0.29, 0.717) is 24.3 Å². The molecule has 1 unspecified atom stereocenters. The molecule has 0 radical (unpaired) electrons. The number of aromatic nitrogens is 1. The van der Waals surface area contributed by atoms with Crippen molar-refractivity contribution in [2.45, 2.75) is 31.8 Å². The number of anilines is 1. The fraction of sp³-hybridized carbons (Fsp3) is 0.261. The van der Waals surface area contributed by atoms with E-state index in [2.05, 4.69) is 37.6 Å². The third kappa shape index (κ3) is 3.61. The number of carbonyl (C=O) groups is 3. The number of H-pyrrole nitrogens is 1. The molecule has 3 heterocycles. The summed E-state index contributed by atoms with van der Waals surface area (Å²) in [5.41, 5.74) is 4.29. The Morgan fingerprint density at radius 3 is 2.84 bits per heavy atom. The van der Waals surface area contributed by atoms with Crippen molar-refractivity contribution in [3.05, 3.63) is 63.8 Å². The smallest absolute Gasteiger partial charge is 0.254 e. The average Bonchev–Trinajstić information content (AvgIpc) is 3.10. The Morgan fingerprint density at radius 1 is 1.13 bits per heavy atom. The second-order valence-electron chi connectivity index (χ2n) is 7.91. The number of hydrogen-bond acceptors (Lipinski definition) is 3. The Hall–Kier alpha value is -3.13. The molecular formula is C23H21BrN4O3. The van der Waals surface area contributed by atoms with Gasteiger partial charge in [0.25, 0.3) is 5.91 Å². The molecule has 1 aromatic heterocycles. The van der Waals surface area contributed by atoms with Crippen LogP contribution < -0.4 is 10.6 Å². The highest BCUT2D eigenvalue weighted by atomic mass is 79.9. The minimum Gasteiger partial charge on any atom is -0.357 e. The van der Waals surface area contributed by atoms with Gasteiger partial charge in [0.15, 0.2) is 0 Å². The molecule has 0 saturated heterocycles. The minimum atomic E-state index is -0.742. The van der Waals surface area contributed by atoms with Crippen molar-refractivity contribution in [2.75, 3.05) is 11.9 Å². The van der Waals surface area contributed by atoms with Crippen LogP contribution >= 0.6 is 15.9 Å². The molecule has 2 aromatic carbocycles. The molecule has 0 aliphatic carbocycles. The van der Waals surface area contributed by atoms with Gasteiger partial charge in [0.05, 0.1) is 16.8 Å². The van der Waals surface area contributed by atoms with E-state index >= 15 is 0 Å². The molecule has 3 N–H and O–H groups in total. The third-order valence-electron chi connectivity index (χ3n) is 6.01. The highest BCUT2D eigenvalue weighted by Crippen LogP contribution is 2.32. The summed E-state index contributed by atoms with van der Waals surface area (Å²) in [5.74, 6) is -0.620. The molecule has 3 amide bonds. The van der Waals surface area contributed by atoms with E-state index in [1.165, 1.54) is 5.69 Å². The molecule has 8 heteroatoms. The predicted molar refractivity (Wildman–Crippen MR) is 121 cm³/mol. The van der Waals surface area contributed by atoms with Gasteiger partial charge < -0.3 is 20.5 Å². The molecule has 7 nitrogen and oxygen atoms in total. The number of halogens is 1. The van der Waals surface area contributed by atoms with Crippen LogP contribution in [-0.2, 0) is 22.6 Å². The second kappa shape index (κ2) is 7.85. The molecule has 158 valence electrons. The number of rotatable bonds is 3. The zero-order chi connectivity index (χ0) is 21.5. The number of fused-ring (bicyclic) bond motifs is 4. The largest absolute Gasteiger partial charge is 0.357 e. The summed E-state index contributed by atoms with van der Waals surface area (Å²) in [4.78, 5) is 43.3. The molecule has 5 rings (SSSR count). The quantitative estimate of drug-likeness (QED) is 0.536. The lowest BCUT2D eigenvalue weighted by Gasteiger charge is -2.28. The number of hydrogen-bond donors (Lipinski definition) is 3. The van der Waals surface area contributed by atoms with Gasteiger partial charge in [0.2, 0.25) is 11.8 Å². The van der Waals surface area contributed by atoms with E-state index in [1.54, 1.807) is 24.3 Å². The molecule has 0 spiro atoms. The maximum atomic E-state index is 12.9. The van der Waals surface area contributed by atoms with Crippen LogP contribution in [0.15, 0.2) is 46.9 Å². The van der Waals surface area contributed by atoms with E-state index in [0.717, 1.165) is 27.4 Å². The minimum absolute atomic E-state index is 0.0150. The maximum absolute atomic E-state index is 12.9. The van der Waals surface area contributed by atoms with Crippen LogP contribution in [0.2, 0.25) is 0 Å². The van der Waals surface area contributed by atoms with Crippen LogP contribution in [0.5, 0.6) is 0 Å². The lowest BCUT2D eigenvalue weighted by Crippen LogP contribution is -2.42. The lowest BCUT2D eigenvalue weighted by molar-refractivity contribution is -0.132. The number of benzene rings is 2. The summed E-state index contributed by atoms with van der Waals surface area (Å²) in [7, 11) is 0. The molecule has 0 fully saturated rings. The SMILES string of the molecule is O=C1NC(CCC(=O)N2CCc3[nH]c4c(Br)cccc4c3C2)C(=O)Nc2ccccc21. The number of nitrogens with zero attached hydrogens (tertiary/aromatic N) is 1. The van der Waals surface area contributed by atoms with Crippen LogP contribution in [0.25, 0.3) is 10.9 Å². The molecule has 2 aliphatic heterocycles. The van der Waals surface area contributed by atoms with E-state index in [-0.39, 0.29) is 30.6 Å². The first-order chi connectivity index (χ1) is 15.0. The fourth-order valence-corrected chi connectivity index (χ4v) is 4.82. The van der Waals surface area contributed by atoms with Gasteiger partial charge in [0, 0.05) is 47.0 Å². The van der Waals surface area contributed by atoms with Crippen LogP contribution in [0.4, 0.5) is 5.69 Å². The van der Waals surface area contributed by atoms with Gasteiger partial charge in [-0.1, -0.05) is 24.3 Å². The third-order valence-corrected chi connectivity index (χ3v) is 6.67. The topological polar surface area (TPSA) is 94.3 Å². The number of amides is 3. The molecule has 3 aromatic rings. The number of para-hydroxylation sites is 2. The zero-order valence-corrected chi connectivity index (χ0v) is 18.3. The number of aromatic amines is 1. The summed E-state index contributed by atoms with van der Waals surface area (Å²) in [6.07, 6.45) is 1.21. The molecule has 1 atom stereocenters. The summed E-state index contributed by atoms with van der Waals surface area (Å²) >= 11 is 3.58. The van der Waals surface area contributed by atoms with Crippen LogP contribution in [0.1, 0.15) is 34.5 Å². The normalized spacial score (nSPS) is 18.1. The highest BCUT2D eigenvalue weighted by Gasteiger charge is 2.30. The molecule has 2 aliphatic rings. The first-order valence-corrected chi connectivity index (χ1v) is 11.1. The summed E-state index contributed by atoms with van der Waals surface area (Å²) in [6, 6.07) is 12.2. The number of nitrogens with one attached hydrogen (secondary N) is 3. The molecule has 31 heavy (non-hydrogen) atoms. The number of carbonyl (C=O) groups excluding carboxylic acids is 3. The second-order valence-corrected chi connectivity index (χ2v) is 8.76. The van der Waals surface area contributed by atoms with Crippen molar-refractivity contribution >= 4 is 50.2 Å². The zero-order valence-electron chi connectivity index (χ0n) is 16.7.